The monoisotopic (exact) mass is 321 g/mol. The molecule has 0 aliphatic rings. The SMILES string of the molecule is CNCc1ccc(NS(=O)(=O)c2ccc([N+](=O)[O-])cc2)cc1. The predicted molar refractivity (Wildman–Crippen MR) is 83.1 cm³/mol. The summed E-state index contributed by atoms with van der Waals surface area (Å²) in [4.78, 5) is 9.96. The van der Waals surface area contributed by atoms with Gasteiger partial charge in [-0.3, -0.25) is 14.8 Å². The predicted octanol–water partition coefficient (Wildman–Crippen LogP) is 2.12. The Labute approximate surface area is 128 Å². The van der Waals surface area contributed by atoms with E-state index in [0.29, 0.717) is 12.2 Å². The average molecular weight is 321 g/mol. The zero-order valence-electron chi connectivity index (χ0n) is 11.8. The average Bonchev–Trinajstić information content (AvgIpc) is 2.49. The zero-order chi connectivity index (χ0) is 16.2. The highest BCUT2D eigenvalue weighted by Gasteiger charge is 2.15. The molecular weight excluding hydrogens is 306 g/mol. The highest BCUT2D eigenvalue weighted by molar-refractivity contribution is 7.92. The molecule has 0 amide bonds. The smallest absolute Gasteiger partial charge is 0.269 e. The van der Waals surface area contributed by atoms with Crippen LogP contribution >= 0.6 is 0 Å². The number of non-ortho nitro benzene ring substituents is 1. The Bertz CT molecular complexity index is 756. The molecule has 0 radical (unpaired) electrons. The van der Waals surface area contributed by atoms with E-state index in [4.69, 9.17) is 0 Å². The maximum Gasteiger partial charge on any atom is 0.269 e. The highest BCUT2D eigenvalue weighted by atomic mass is 32.2. The number of nitro groups is 1. The second kappa shape index (κ2) is 6.54. The van der Waals surface area contributed by atoms with Crippen LogP contribution in [0.5, 0.6) is 0 Å². The van der Waals surface area contributed by atoms with Crippen LogP contribution in [0.25, 0.3) is 0 Å². The van der Waals surface area contributed by atoms with Crippen molar-refractivity contribution in [3.8, 4) is 0 Å². The first kappa shape index (κ1) is 15.9. The Balaban J connectivity index is 2.18. The van der Waals surface area contributed by atoms with Crippen LogP contribution in [0.3, 0.4) is 0 Å². The number of hydrogen-bond donors (Lipinski definition) is 2. The van der Waals surface area contributed by atoms with Crippen LogP contribution in [-0.4, -0.2) is 20.4 Å². The third-order valence-electron chi connectivity index (χ3n) is 2.94. The van der Waals surface area contributed by atoms with Gasteiger partial charge < -0.3 is 5.32 Å². The van der Waals surface area contributed by atoms with E-state index in [2.05, 4.69) is 10.0 Å². The van der Waals surface area contributed by atoms with E-state index < -0.39 is 14.9 Å². The molecular formula is C14H15N3O4S. The number of nitrogens with zero attached hydrogens (tertiary/aromatic N) is 1. The number of rotatable bonds is 6. The van der Waals surface area contributed by atoms with Gasteiger partial charge in [0, 0.05) is 24.4 Å². The van der Waals surface area contributed by atoms with Crippen LogP contribution in [0.2, 0.25) is 0 Å². The van der Waals surface area contributed by atoms with Crippen molar-refractivity contribution in [2.75, 3.05) is 11.8 Å². The summed E-state index contributed by atoms with van der Waals surface area (Å²) in [7, 11) is -1.94. The van der Waals surface area contributed by atoms with Crippen molar-refractivity contribution in [3.05, 3.63) is 64.2 Å². The lowest BCUT2D eigenvalue weighted by Gasteiger charge is -2.08. The molecule has 2 aromatic carbocycles. The fraction of sp³-hybridized carbons (Fsp3) is 0.143. The summed E-state index contributed by atoms with van der Waals surface area (Å²) in [5.74, 6) is 0. The van der Waals surface area contributed by atoms with E-state index in [1.807, 2.05) is 19.2 Å². The molecule has 7 nitrogen and oxygen atoms in total. The normalized spacial score (nSPS) is 11.1. The molecule has 0 unspecified atom stereocenters. The molecule has 0 saturated carbocycles. The summed E-state index contributed by atoms with van der Waals surface area (Å²) in [6.07, 6.45) is 0. The second-order valence-electron chi connectivity index (χ2n) is 4.58. The van der Waals surface area contributed by atoms with Crippen LogP contribution in [-0.2, 0) is 16.6 Å². The fourth-order valence-corrected chi connectivity index (χ4v) is 2.91. The molecule has 0 heterocycles. The largest absolute Gasteiger partial charge is 0.316 e. The van der Waals surface area contributed by atoms with E-state index in [1.165, 1.54) is 12.1 Å². The van der Waals surface area contributed by atoms with E-state index in [9.17, 15) is 18.5 Å². The van der Waals surface area contributed by atoms with Crippen LogP contribution in [0, 0.1) is 10.1 Å². The van der Waals surface area contributed by atoms with Gasteiger partial charge in [-0.25, -0.2) is 8.42 Å². The van der Waals surface area contributed by atoms with Gasteiger partial charge in [-0.15, -0.1) is 0 Å². The van der Waals surface area contributed by atoms with Crippen molar-refractivity contribution < 1.29 is 13.3 Å². The summed E-state index contributed by atoms with van der Waals surface area (Å²) in [6.45, 7) is 0.690. The van der Waals surface area contributed by atoms with Crippen molar-refractivity contribution in [3.63, 3.8) is 0 Å². The molecule has 0 aliphatic heterocycles. The van der Waals surface area contributed by atoms with Gasteiger partial charge in [-0.05, 0) is 36.9 Å². The Morgan fingerprint density at radius 2 is 1.64 bits per heavy atom. The number of hydrogen-bond acceptors (Lipinski definition) is 5. The minimum absolute atomic E-state index is 0.0302. The van der Waals surface area contributed by atoms with Crippen LogP contribution in [0.4, 0.5) is 11.4 Å². The first-order valence-electron chi connectivity index (χ1n) is 6.43. The summed E-state index contributed by atoms with van der Waals surface area (Å²) in [6, 6.07) is 11.7. The third-order valence-corrected chi connectivity index (χ3v) is 4.34. The quantitative estimate of drug-likeness (QED) is 0.627. The first-order valence-corrected chi connectivity index (χ1v) is 7.91. The van der Waals surface area contributed by atoms with Crippen LogP contribution < -0.4 is 10.0 Å². The molecule has 0 spiro atoms. The molecule has 22 heavy (non-hydrogen) atoms. The minimum atomic E-state index is -3.77. The van der Waals surface area contributed by atoms with Crippen molar-refractivity contribution in [1.82, 2.24) is 5.32 Å². The number of sulfonamides is 1. The van der Waals surface area contributed by atoms with Gasteiger partial charge in [0.15, 0.2) is 0 Å². The van der Waals surface area contributed by atoms with Crippen LogP contribution in [0.1, 0.15) is 5.56 Å². The molecule has 2 rings (SSSR count). The summed E-state index contributed by atoms with van der Waals surface area (Å²) < 4.78 is 26.8. The molecule has 2 N–H and O–H groups in total. The molecule has 0 fully saturated rings. The van der Waals surface area contributed by atoms with Crippen molar-refractivity contribution in [1.29, 1.82) is 0 Å². The summed E-state index contributed by atoms with van der Waals surface area (Å²) >= 11 is 0. The molecule has 0 saturated heterocycles. The second-order valence-corrected chi connectivity index (χ2v) is 6.27. The molecule has 8 heteroatoms. The molecule has 0 aliphatic carbocycles. The van der Waals surface area contributed by atoms with E-state index in [-0.39, 0.29) is 10.6 Å². The molecule has 2 aromatic rings. The summed E-state index contributed by atoms with van der Waals surface area (Å²) in [5, 5.41) is 13.6. The fourth-order valence-electron chi connectivity index (χ4n) is 1.86. The van der Waals surface area contributed by atoms with E-state index in [1.54, 1.807) is 12.1 Å². The molecule has 0 atom stereocenters. The standard InChI is InChI=1S/C14H15N3O4S/c1-15-10-11-2-4-12(5-3-11)16-22(20,21)14-8-6-13(7-9-14)17(18)19/h2-9,15-16H,10H2,1H3. The zero-order valence-corrected chi connectivity index (χ0v) is 12.6. The summed E-state index contributed by atoms with van der Waals surface area (Å²) in [5.41, 5.74) is 1.30. The molecule has 0 bridgehead atoms. The van der Waals surface area contributed by atoms with Crippen molar-refractivity contribution >= 4 is 21.4 Å². The van der Waals surface area contributed by atoms with Gasteiger partial charge in [0.1, 0.15) is 0 Å². The Kier molecular flexibility index (Phi) is 4.74. The van der Waals surface area contributed by atoms with Gasteiger partial charge in [0.05, 0.1) is 9.82 Å². The van der Waals surface area contributed by atoms with Gasteiger partial charge >= 0.3 is 0 Å². The van der Waals surface area contributed by atoms with Gasteiger partial charge in [-0.2, -0.15) is 0 Å². The Morgan fingerprint density at radius 1 is 1.05 bits per heavy atom. The minimum Gasteiger partial charge on any atom is -0.316 e. The topological polar surface area (TPSA) is 101 Å². The highest BCUT2D eigenvalue weighted by Crippen LogP contribution is 2.19. The molecule has 0 aromatic heterocycles. The van der Waals surface area contributed by atoms with E-state index in [0.717, 1.165) is 17.7 Å². The third kappa shape index (κ3) is 3.80. The maximum absolute atomic E-state index is 12.2. The van der Waals surface area contributed by atoms with Gasteiger partial charge in [0.2, 0.25) is 0 Å². The van der Waals surface area contributed by atoms with Crippen LogP contribution in [0.15, 0.2) is 53.4 Å². The Morgan fingerprint density at radius 3 is 2.14 bits per heavy atom. The lowest BCUT2D eigenvalue weighted by atomic mass is 10.2. The number of nitrogens with one attached hydrogen (secondary N) is 2. The van der Waals surface area contributed by atoms with Crippen molar-refractivity contribution in [2.24, 2.45) is 0 Å². The number of benzene rings is 2. The first-order chi connectivity index (χ1) is 10.4. The number of anilines is 1. The van der Waals surface area contributed by atoms with E-state index >= 15 is 0 Å². The molecule has 116 valence electrons. The lowest BCUT2D eigenvalue weighted by molar-refractivity contribution is -0.384. The maximum atomic E-state index is 12.2. The van der Waals surface area contributed by atoms with Gasteiger partial charge in [-0.1, -0.05) is 12.1 Å². The van der Waals surface area contributed by atoms with Crippen molar-refractivity contribution in [2.45, 2.75) is 11.4 Å². The van der Waals surface area contributed by atoms with Gasteiger partial charge in [0.25, 0.3) is 15.7 Å². The lowest BCUT2D eigenvalue weighted by Crippen LogP contribution is -2.13. The number of nitro benzene ring substituents is 1. The Hall–Kier alpha value is -2.45.